The van der Waals surface area contributed by atoms with Crippen LogP contribution in [0.4, 0.5) is 0 Å². The van der Waals surface area contributed by atoms with Gasteiger partial charge < -0.3 is 25.2 Å². The summed E-state index contributed by atoms with van der Waals surface area (Å²) in [5, 5.41) is 16.9. The number of hydrogen-bond donors (Lipinski definition) is 3. The van der Waals surface area contributed by atoms with E-state index in [1.807, 2.05) is 49.4 Å². The summed E-state index contributed by atoms with van der Waals surface area (Å²) in [4.78, 5) is 4.64. The van der Waals surface area contributed by atoms with Gasteiger partial charge in [-0.3, -0.25) is 4.99 Å². The number of rotatable bonds is 8. The number of aliphatic hydroxyl groups excluding tert-OH is 1. The van der Waals surface area contributed by atoms with Crippen LogP contribution in [0.25, 0.3) is 0 Å². The number of hydrogen-bond acceptors (Lipinski definition) is 4. The van der Waals surface area contributed by atoms with Gasteiger partial charge in [-0.25, -0.2) is 0 Å². The van der Waals surface area contributed by atoms with Crippen molar-refractivity contribution in [2.45, 2.75) is 19.3 Å². The lowest BCUT2D eigenvalue weighted by Gasteiger charge is -2.20. The zero-order valence-corrected chi connectivity index (χ0v) is 17.4. The van der Waals surface area contributed by atoms with Crippen molar-refractivity contribution in [2.75, 3.05) is 39.5 Å². The Labute approximate surface area is 176 Å². The summed E-state index contributed by atoms with van der Waals surface area (Å²) in [7, 11) is 0. The first kappa shape index (κ1) is 21.3. The summed E-state index contributed by atoms with van der Waals surface area (Å²) in [5.41, 5.74) is 2.15. The van der Waals surface area contributed by atoms with E-state index in [1.165, 1.54) is 0 Å². The Balaban J connectivity index is 1.58. The third-order valence-electron chi connectivity index (χ3n) is 4.67. The molecule has 1 heterocycles. The number of aliphatic imine (C=N–C) groups is 1. The zero-order chi connectivity index (χ0) is 20.5. The molecule has 29 heavy (non-hydrogen) atoms. The SMILES string of the molecule is CCNC(=NCC(CO)c1ccccc1)NCCc1cc(Cl)c2c(c1)OCCO2. The minimum atomic E-state index is -0.0248. The third-order valence-corrected chi connectivity index (χ3v) is 4.95. The van der Waals surface area contributed by atoms with Crippen LogP contribution in [0.2, 0.25) is 5.02 Å². The van der Waals surface area contributed by atoms with E-state index in [9.17, 15) is 5.11 Å². The van der Waals surface area contributed by atoms with Crippen LogP contribution in [0.1, 0.15) is 24.0 Å². The van der Waals surface area contributed by atoms with E-state index >= 15 is 0 Å². The summed E-state index contributed by atoms with van der Waals surface area (Å²) in [6.07, 6.45) is 0.767. The molecule has 1 aliphatic rings. The van der Waals surface area contributed by atoms with Crippen LogP contribution in [-0.2, 0) is 6.42 Å². The first-order chi connectivity index (χ1) is 14.2. The van der Waals surface area contributed by atoms with E-state index in [1.54, 1.807) is 0 Å². The molecule has 0 spiro atoms. The van der Waals surface area contributed by atoms with Gasteiger partial charge in [0.15, 0.2) is 17.5 Å². The molecule has 6 nitrogen and oxygen atoms in total. The lowest BCUT2D eigenvalue weighted by Crippen LogP contribution is -2.38. The Morgan fingerprint density at radius 3 is 2.72 bits per heavy atom. The molecule has 2 aromatic rings. The molecular weight excluding hydrogens is 390 g/mol. The zero-order valence-electron chi connectivity index (χ0n) is 16.7. The molecule has 0 amide bonds. The predicted octanol–water partition coefficient (Wildman–Crippen LogP) is 2.98. The maximum atomic E-state index is 9.73. The van der Waals surface area contributed by atoms with Crippen LogP contribution in [0.5, 0.6) is 11.5 Å². The van der Waals surface area contributed by atoms with Gasteiger partial charge in [0, 0.05) is 19.0 Å². The largest absolute Gasteiger partial charge is 0.486 e. The van der Waals surface area contributed by atoms with E-state index in [4.69, 9.17) is 21.1 Å². The molecular formula is C22H28ClN3O3. The second-order valence-corrected chi connectivity index (χ2v) is 7.20. The van der Waals surface area contributed by atoms with Crippen LogP contribution < -0.4 is 20.1 Å². The van der Waals surface area contributed by atoms with Crippen molar-refractivity contribution < 1.29 is 14.6 Å². The van der Waals surface area contributed by atoms with Crippen molar-refractivity contribution in [2.24, 2.45) is 4.99 Å². The summed E-state index contributed by atoms with van der Waals surface area (Å²) in [6.45, 7) is 5.10. The molecule has 1 atom stereocenters. The van der Waals surface area contributed by atoms with E-state index < -0.39 is 0 Å². The molecule has 3 N–H and O–H groups in total. The Hall–Kier alpha value is -2.44. The lowest BCUT2D eigenvalue weighted by atomic mass is 10.0. The molecule has 0 saturated heterocycles. The Morgan fingerprint density at radius 2 is 1.97 bits per heavy atom. The first-order valence-electron chi connectivity index (χ1n) is 9.97. The molecule has 0 saturated carbocycles. The van der Waals surface area contributed by atoms with Crippen LogP contribution in [-0.4, -0.2) is 50.5 Å². The van der Waals surface area contributed by atoms with E-state index in [-0.39, 0.29) is 12.5 Å². The fourth-order valence-corrected chi connectivity index (χ4v) is 3.46. The van der Waals surface area contributed by atoms with Crippen molar-refractivity contribution >= 4 is 17.6 Å². The topological polar surface area (TPSA) is 75.1 Å². The van der Waals surface area contributed by atoms with Crippen LogP contribution in [0, 0.1) is 0 Å². The van der Waals surface area contributed by atoms with Crippen molar-refractivity contribution in [1.82, 2.24) is 10.6 Å². The highest BCUT2D eigenvalue weighted by Gasteiger charge is 2.16. The summed E-state index contributed by atoms with van der Waals surface area (Å²) in [6, 6.07) is 13.8. The number of aliphatic hydroxyl groups is 1. The molecule has 0 fully saturated rings. The summed E-state index contributed by atoms with van der Waals surface area (Å²) >= 11 is 6.31. The second-order valence-electron chi connectivity index (χ2n) is 6.79. The van der Waals surface area contributed by atoms with E-state index in [0.29, 0.717) is 42.8 Å². The first-order valence-corrected chi connectivity index (χ1v) is 10.3. The molecule has 0 radical (unpaired) electrons. The molecule has 0 bridgehead atoms. The van der Waals surface area contributed by atoms with Gasteiger partial charge in [-0.05, 0) is 36.6 Å². The number of nitrogens with one attached hydrogen (secondary N) is 2. The number of guanidine groups is 1. The maximum absolute atomic E-state index is 9.73. The Morgan fingerprint density at radius 1 is 1.17 bits per heavy atom. The minimum absolute atomic E-state index is 0.0248. The van der Waals surface area contributed by atoms with Gasteiger partial charge in [0.05, 0.1) is 18.2 Å². The van der Waals surface area contributed by atoms with Gasteiger partial charge in [0.25, 0.3) is 0 Å². The van der Waals surface area contributed by atoms with Gasteiger partial charge in [0.1, 0.15) is 13.2 Å². The average Bonchev–Trinajstić information content (AvgIpc) is 2.75. The standard InChI is InChI=1S/C22H28ClN3O3/c1-2-24-22(26-14-18(15-27)17-6-4-3-5-7-17)25-9-8-16-12-19(23)21-20(13-16)28-10-11-29-21/h3-7,12-13,18,27H,2,8-11,14-15H2,1H3,(H2,24,25,26). The molecule has 3 rings (SSSR count). The number of halogens is 1. The van der Waals surface area contributed by atoms with Gasteiger partial charge in [-0.15, -0.1) is 0 Å². The van der Waals surface area contributed by atoms with Crippen LogP contribution in [0.3, 0.4) is 0 Å². The smallest absolute Gasteiger partial charge is 0.191 e. The van der Waals surface area contributed by atoms with Gasteiger partial charge in [0.2, 0.25) is 0 Å². The molecule has 0 aliphatic carbocycles. The average molecular weight is 418 g/mol. The predicted molar refractivity (Wildman–Crippen MR) is 116 cm³/mol. The summed E-state index contributed by atoms with van der Waals surface area (Å²) < 4.78 is 11.2. The highest BCUT2D eigenvalue weighted by molar-refractivity contribution is 6.32. The monoisotopic (exact) mass is 417 g/mol. The minimum Gasteiger partial charge on any atom is -0.486 e. The molecule has 2 aromatic carbocycles. The highest BCUT2D eigenvalue weighted by atomic mass is 35.5. The maximum Gasteiger partial charge on any atom is 0.191 e. The van der Waals surface area contributed by atoms with Crippen molar-refractivity contribution in [1.29, 1.82) is 0 Å². The molecule has 1 unspecified atom stereocenters. The number of nitrogens with zero attached hydrogens (tertiary/aromatic N) is 1. The van der Waals surface area contributed by atoms with Gasteiger partial charge >= 0.3 is 0 Å². The molecule has 1 aliphatic heterocycles. The molecule has 7 heteroatoms. The van der Waals surface area contributed by atoms with E-state index in [2.05, 4.69) is 15.6 Å². The fraction of sp³-hybridized carbons (Fsp3) is 0.409. The summed E-state index contributed by atoms with van der Waals surface area (Å²) in [5.74, 6) is 2.03. The van der Waals surface area contributed by atoms with Crippen molar-refractivity contribution in [3.8, 4) is 11.5 Å². The normalized spacial score (nSPS) is 14.4. The van der Waals surface area contributed by atoms with Crippen LogP contribution in [0.15, 0.2) is 47.5 Å². The van der Waals surface area contributed by atoms with E-state index in [0.717, 1.165) is 30.1 Å². The van der Waals surface area contributed by atoms with Gasteiger partial charge in [-0.1, -0.05) is 41.9 Å². The van der Waals surface area contributed by atoms with Crippen molar-refractivity contribution in [3.63, 3.8) is 0 Å². The van der Waals surface area contributed by atoms with Crippen molar-refractivity contribution in [3.05, 3.63) is 58.6 Å². The molecule has 0 aromatic heterocycles. The number of fused-ring (bicyclic) bond motifs is 1. The fourth-order valence-electron chi connectivity index (χ4n) is 3.17. The van der Waals surface area contributed by atoms with Gasteiger partial charge in [-0.2, -0.15) is 0 Å². The Kier molecular flexibility index (Phi) is 8.02. The second kappa shape index (κ2) is 10.9. The van der Waals surface area contributed by atoms with Crippen LogP contribution >= 0.6 is 11.6 Å². The number of benzene rings is 2. The number of ether oxygens (including phenoxy) is 2. The third kappa shape index (κ3) is 6.02. The molecule has 156 valence electrons. The Bertz CT molecular complexity index is 814. The lowest BCUT2D eigenvalue weighted by molar-refractivity contribution is 0.171. The quantitative estimate of drug-likeness (QED) is 0.455. The highest BCUT2D eigenvalue weighted by Crippen LogP contribution is 2.38.